The van der Waals surface area contributed by atoms with Crippen LogP contribution in [-0.2, 0) is 6.18 Å². The second-order valence-corrected chi connectivity index (χ2v) is 4.08. The van der Waals surface area contributed by atoms with Gasteiger partial charge >= 0.3 is 12.1 Å². The highest BCUT2D eigenvalue weighted by molar-refractivity contribution is 5.89. The molecule has 0 atom stereocenters. The zero-order valence-corrected chi connectivity index (χ0v) is 9.91. The number of carboxylic acid groups (broad SMARTS) is 1. The maximum atomic E-state index is 13.8. The minimum absolute atomic E-state index is 0.0678. The molecule has 2 aromatic carbocycles. The highest BCUT2D eigenvalue weighted by atomic mass is 19.4. The van der Waals surface area contributed by atoms with Gasteiger partial charge in [-0.1, -0.05) is 18.2 Å². The zero-order valence-electron chi connectivity index (χ0n) is 9.91. The summed E-state index contributed by atoms with van der Waals surface area (Å²) >= 11 is 0. The van der Waals surface area contributed by atoms with Crippen LogP contribution in [0.1, 0.15) is 15.9 Å². The van der Waals surface area contributed by atoms with Crippen molar-refractivity contribution in [1.29, 1.82) is 0 Å². The summed E-state index contributed by atoms with van der Waals surface area (Å²) in [5.41, 5.74) is -1.04. The molecule has 0 saturated heterocycles. The van der Waals surface area contributed by atoms with Crippen molar-refractivity contribution < 1.29 is 27.5 Å². The molecule has 2 nitrogen and oxygen atoms in total. The van der Waals surface area contributed by atoms with E-state index in [1.807, 2.05) is 0 Å². The summed E-state index contributed by atoms with van der Waals surface area (Å²) in [5.74, 6) is -2.25. The van der Waals surface area contributed by atoms with Gasteiger partial charge in [0.25, 0.3) is 0 Å². The number of hydrogen-bond donors (Lipinski definition) is 1. The van der Waals surface area contributed by atoms with Crippen molar-refractivity contribution in [3.8, 4) is 11.1 Å². The third-order valence-electron chi connectivity index (χ3n) is 2.72. The molecule has 0 radical (unpaired) electrons. The highest BCUT2D eigenvalue weighted by Gasteiger charge is 2.31. The van der Waals surface area contributed by atoms with Gasteiger partial charge in [-0.2, -0.15) is 13.2 Å². The number of hydrogen-bond acceptors (Lipinski definition) is 1. The molecule has 0 spiro atoms. The van der Waals surface area contributed by atoms with Crippen LogP contribution < -0.4 is 0 Å². The normalized spacial score (nSPS) is 11.4. The van der Waals surface area contributed by atoms with E-state index in [4.69, 9.17) is 5.11 Å². The molecular weight excluding hydrogens is 276 g/mol. The molecule has 0 fully saturated rings. The Balaban J connectivity index is 2.49. The third kappa shape index (κ3) is 2.79. The summed E-state index contributed by atoms with van der Waals surface area (Å²) in [6.07, 6.45) is -4.62. The van der Waals surface area contributed by atoms with Crippen LogP contribution >= 0.6 is 0 Å². The molecule has 1 N–H and O–H groups in total. The summed E-state index contributed by atoms with van der Waals surface area (Å²) in [6, 6.07) is 7.48. The lowest BCUT2D eigenvalue weighted by atomic mass is 10.0. The van der Waals surface area contributed by atoms with E-state index in [2.05, 4.69) is 0 Å². The largest absolute Gasteiger partial charge is 0.478 e. The molecule has 2 rings (SSSR count). The van der Waals surface area contributed by atoms with Crippen molar-refractivity contribution in [3.63, 3.8) is 0 Å². The lowest BCUT2D eigenvalue weighted by Gasteiger charge is -2.09. The topological polar surface area (TPSA) is 37.3 Å². The fraction of sp³-hybridized carbons (Fsp3) is 0.0714. The van der Waals surface area contributed by atoms with Crippen LogP contribution in [-0.4, -0.2) is 11.1 Å². The smallest absolute Gasteiger partial charge is 0.416 e. The molecule has 0 unspecified atom stereocenters. The van der Waals surface area contributed by atoms with Gasteiger partial charge in [0.1, 0.15) is 5.82 Å². The van der Waals surface area contributed by atoms with Crippen molar-refractivity contribution in [1.82, 2.24) is 0 Å². The fourth-order valence-corrected chi connectivity index (χ4v) is 1.75. The van der Waals surface area contributed by atoms with Crippen LogP contribution in [0.15, 0.2) is 42.5 Å². The van der Waals surface area contributed by atoms with Gasteiger partial charge in [-0.25, -0.2) is 9.18 Å². The predicted molar refractivity (Wildman–Crippen MR) is 63.8 cm³/mol. The fourth-order valence-electron chi connectivity index (χ4n) is 1.75. The number of alkyl halides is 3. The zero-order chi connectivity index (χ0) is 14.9. The maximum absolute atomic E-state index is 13.8. The summed E-state index contributed by atoms with van der Waals surface area (Å²) in [4.78, 5) is 10.8. The minimum atomic E-state index is -4.62. The molecule has 0 aliphatic heterocycles. The Morgan fingerprint density at radius 3 is 2.30 bits per heavy atom. The molecule has 0 aromatic heterocycles. The van der Waals surface area contributed by atoms with Gasteiger partial charge in [0, 0.05) is 5.56 Å². The summed E-state index contributed by atoms with van der Waals surface area (Å²) in [6.45, 7) is 0. The van der Waals surface area contributed by atoms with Crippen LogP contribution in [0.4, 0.5) is 17.6 Å². The van der Waals surface area contributed by atoms with E-state index in [-0.39, 0.29) is 16.7 Å². The van der Waals surface area contributed by atoms with Crippen molar-refractivity contribution in [2.45, 2.75) is 6.18 Å². The Hall–Kier alpha value is -2.37. The number of aromatic carboxylic acids is 1. The molecule has 2 aromatic rings. The first-order valence-corrected chi connectivity index (χ1v) is 5.49. The van der Waals surface area contributed by atoms with Crippen LogP contribution in [0.25, 0.3) is 11.1 Å². The van der Waals surface area contributed by atoms with Gasteiger partial charge in [0.2, 0.25) is 0 Å². The molecular formula is C14H8F4O2. The molecule has 0 aliphatic rings. The monoisotopic (exact) mass is 284 g/mol. The predicted octanol–water partition coefficient (Wildman–Crippen LogP) is 4.21. The van der Waals surface area contributed by atoms with Crippen LogP contribution in [0.5, 0.6) is 0 Å². The molecule has 0 saturated carbocycles. The first-order valence-electron chi connectivity index (χ1n) is 5.49. The first-order chi connectivity index (χ1) is 9.29. The number of carboxylic acids is 1. The maximum Gasteiger partial charge on any atom is 0.416 e. The lowest BCUT2D eigenvalue weighted by molar-refractivity contribution is -0.137. The summed E-state index contributed by atoms with van der Waals surface area (Å²) in [5, 5.41) is 8.83. The number of carbonyl (C=O) groups is 1. The van der Waals surface area contributed by atoms with Crippen LogP contribution in [0.2, 0.25) is 0 Å². The number of benzene rings is 2. The van der Waals surface area contributed by atoms with E-state index < -0.39 is 23.5 Å². The van der Waals surface area contributed by atoms with Gasteiger partial charge in [0.05, 0.1) is 11.1 Å². The summed E-state index contributed by atoms with van der Waals surface area (Å²) in [7, 11) is 0. The van der Waals surface area contributed by atoms with Crippen molar-refractivity contribution in [2.24, 2.45) is 0 Å². The standard InChI is InChI=1S/C14H8F4O2/c15-12-7-10(14(16,17)18)4-5-11(12)8-2-1-3-9(6-8)13(19)20/h1-7H,(H,19,20). The molecule has 20 heavy (non-hydrogen) atoms. The van der Waals surface area contributed by atoms with E-state index in [9.17, 15) is 22.4 Å². The van der Waals surface area contributed by atoms with Gasteiger partial charge in [-0.05, 0) is 29.8 Å². The second-order valence-electron chi connectivity index (χ2n) is 4.08. The Morgan fingerprint density at radius 1 is 1.05 bits per heavy atom. The average molecular weight is 284 g/mol. The Morgan fingerprint density at radius 2 is 1.75 bits per heavy atom. The van der Waals surface area contributed by atoms with Gasteiger partial charge in [-0.15, -0.1) is 0 Å². The van der Waals surface area contributed by atoms with Crippen LogP contribution in [0.3, 0.4) is 0 Å². The van der Waals surface area contributed by atoms with Crippen molar-refractivity contribution in [2.75, 3.05) is 0 Å². The quantitative estimate of drug-likeness (QED) is 0.839. The first kappa shape index (κ1) is 14.0. The third-order valence-corrected chi connectivity index (χ3v) is 2.72. The van der Waals surface area contributed by atoms with Crippen molar-refractivity contribution in [3.05, 3.63) is 59.4 Å². The van der Waals surface area contributed by atoms with Crippen molar-refractivity contribution >= 4 is 5.97 Å². The van der Waals surface area contributed by atoms with E-state index in [1.54, 1.807) is 0 Å². The van der Waals surface area contributed by atoms with E-state index >= 15 is 0 Å². The van der Waals surface area contributed by atoms with E-state index in [1.165, 1.54) is 24.3 Å². The van der Waals surface area contributed by atoms with Gasteiger partial charge in [0.15, 0.2) is 0 Å². The molecule has 104 valence electrons. The Kier molecular flexibility index (Phi) is 3.48. The molecule has 0 bridgehead atoms. The molecule has 0 amide bonds. The number of halogens is 4. The number of rotatable bonds is 2. The van der Waals surface area contributed by atoms with E-state index in [0.717, 1.165) is 12.1 Å². The minimum Gasteiger partial charge on any atom is -0.478 e. The van der Waals surface area contributed by atoms with E-state index in [0.29, 0.717) is 6.07 Å². The average Bonchev–Trinajstić information content (AvgIpc) is 2.37. The second kappa shape index (κ2) is 4.96. The Labute approximate surface area is 111 Å². The Bertz CT molecular complexity index is 662. The molecule has 0 heterocycles. The SMILES string of the molecule is O=C(O)c1cccc(-c2ccc(C(F)(F)F)cc2F)c1. The highest BCUT2D eigenvalue weighted by Crippen LogP contribution is 2.32. The lowest BCUT2D eigenvalue weighted by Crippen LogP contribution is -2.05. The van der Waals surface area contributed by atoms with Gasteiger partial charge < -0.3 is 5.11 Å². The van der Waals surface area contributed by atoms with Crippen LogP contribution in [0, 0.1) is 5.82 Å². The summed E-state index contributed by atoms with van der Waals surface area (Å²) < 4.78 is 51.0. The van der Waals surface area contributed by atoms with Gasteiger partial charge in [-0.3, -0.25) is 0 Å². The molecule has 6 heteroatoms. The molecule has 0 aliphatic carbocycles.